The van der Waals surface area contributed by atoms with Crippen molar-refractivity contribution in [1.82, 2.24) is 0 Å². The van der Waals surface area contributed by atoms with E-state index >= 15 is 0 Å². The van der Waals surface area contributed by atoms with Crippen molar-refractivity contribution in [3.8, 4) is 0 Å². The van der Waals surface area contributed by atoms with E-state index in [1.54, 1.807) is 18.2 Å². The lowest BCUT2D eigenvalue weighted by atomic mass is 10.2. The van der Waals surface area contributed by atoms with E-state index in [0.717, 1.165) is 11.3 Å². The lowest BCUT2D eigenvalue weighted by Gasteiger charge is -2.09. The molecule has 2 N–H and O–H groups in total. The first-order valence-corrected chi connectivity index (χ1v) is 5.54. The minimum Gasteiger partial charge on any atom is -0.308 e. The molecule has 0 aliphatic rings. The number of nitrogens with one attached hydrogen (secondary N) is 2. The second-order valence-corrected chi connectivity index (χ2v) is 3.90. The van der Waals surface area contributed by atoms with Crippen LogP contribution < -0.4 is 10.6 Å². The predicted molar refractivity (Wildman–Crippen MR) is 70.2 cm³/mol. The summed E-state index contributed by atoms with van der Waals surface area (Å²) in [7, 11) is 0. The molecule has 4 heteroatoms. The molecule has 3 nitrogen and oxygen atoms in total. The average Bonchev–Trinajstić information content (AvgIpc) is 2.32. The summed E-state index contributed by atoms with van der Waals surface area (Å²) in [4.78, 5) is 11.7. The molecule has 0 saturated heterocycles. The van der Waals surface area contributed by atoms with Gasteiger partial charge in [-0.15, -0.1) is 0 Å². The molecule has 0 aliphatic carbocycles. The van der Waals surface area contributed by atoms with Gasteiger partial charge in [-0.2, -0.15) is 0 Å². The lowest BCUT2D eigenvalue weighted by molar-refractivity contribution is 0.262. The normalized spacial score (nSPS) is 9.89. The summed E-state index contributed by atoms with van der Waals surface area (Å²) >= 11 is 0. The first-order valence-electron chi connectivity index (χ1n) is 5.54. The number of hydrogen-bond donors (Lipinski definition) is 2. The van der Waals surface area contributed by atoms with Crippen molar-refractivity contribution in [2.24, 2.45) is 0 Å². The van der Waals surface area contributed by atoms with E-state index in [2.05, 4.69) is 10.6 Å². The number of hydrogen-bond acceptors (Lipinski definition) is 1. The zero-order valence-electron chi connectivity index (χ0n) is 9.91. The number of amides is 2. The van der Waals surface area contributed by atoms with Crippen LogP contribution in [-0.2, 0) is 0 Å². The van der Waals surface area contributed by atoms with Crippen LogP contribution >= 0.6 is 0 Å². The summed E-state index contributed by atoms with van der Waals surface area (Å²) in [5.41, 5.74) is 2.11. The Morgan fingerprint density at radius 3 is 2.56 bits per heavy atom. The topological polar surface area (TPSA) is 41.1 Å². The van der Waals surface area contributed by atoms with Crippen LogP contribution in [0.15, 0.2) is 48.5 Å². The van der Waals surface area contributed by atoms with Crippen molar-refractivity contribution in [2.75, 3.05) is 10.6 Å². The quantitative estimate of drug-likeness (QED) is 0.829. The van der Waals surface area contributed by atoms with E-state index in [1.807, 2.05) is 25.1 Å². The molecule has 2 rings (SSSR count). The SMILES string of the molecule is Cc1ccccc1NC(=O)Nc1cccc(F)c1. The maximum atomic E-state index is 12.9. The van der Waals surface area contributed by atoms with E-state index in [-0.39, 0.29) is 5.82 Å². The van der Waals surface area contributed by atoms with Gasteiger partial charge in [0.2, 0.25) is 0 Å². The number of aryl methyl sites for hydroxylation is 1. The van der Waals surface area contributed by atoms with Crippen LogP contribution in [0.25, 0.3) is 0 Å². The number of carbonyl (C=O) groups is 1. The van der Waals surface area contributed by atoms with Crippen LogP contribution in [0.1, 0.15) is 5.56 Å². The lowest BCUT2D eigenvalue weighted by Crippen LogP contribution is -2.19. The van der Waals surface area contributed by atoms with E-state index in [4.69, 9.17) is 0 Å². The van der Waals surface area contributed by atoms with Crippen molar-refractivity contribution in [2.45, 2.75) is 6.92 Å². The minimum absolute atomic E-state index is 0.385. The minimum atomic E-state index is -0.394. The molecule has 0 saturated carbocycles. The van der Waals surface area contributed by atoms with Crippen molar-refractivity contribution in [3.63, 3.8) is 0 Å². The zero-order valence-corrected chi connectivity index (χ0v) is 9.91. The summed E-state index contributed by atoms with van der Waals surface area (Å²) in [5, 5.41) is 5.27. The third kappa shape index (κ3) is 3.07. The van der Waals surface area contributed by atoms with Gasteiger partial charge in [0.05, 0.1) is 0 Å². The Labute approximate surface area is 105 Å². The van der Waals surface area contributed by atoms with Crippen LogP contribution in [0, 0.1) is 12.7 Å². The summed E-state index contributed by atoms with van der Waals surface area (Å²) in [5.74, 6) is -0.385. The predicted octanol–water partition coefficient (Wildman–Crippen LogP) is 3.78. The highest BCUT2D eigenvalue weighted by atomic mass is 19.1. The van der Waals surface area contributed by atoms with Gasteiger partial charge < -0.3 is 10.6 Å². The van der Waals surface area contributed by atoms with Gasteiger partial charge in [0.25, 0.3) is 0 Å². The maximum Gasteiger partial charge on any atom is 0.323 e. The number of carbonyl (C=O) groups excluding carboxylic acids is 1. The molecule has 0 fully saturated rings. The largest absolute Gasteiger partial charge is 0.323 e. The van der Waals surface area contributed by atoms with Crippen molar-refractivity contribution in [1.29, 1.82) is 0 Å². The molecule has 0 heterocycles. The zero-order chi connectivity index (χ0) is 13.0. The van der Waals surface area contributed by atoms with Crippen LogP contribution in [0.2, 0.25) is 0 Å². The molecule has 92 valence electrons. The summed E-state index contributed by atoms with van der Waals surface area (Å²) in [6.07, 6.45) is 0. The molecular formula is C14H13FN2O. The number of para-hydroxylation sites is 1. The number of halogens is 1. The van der Waals surface area contributed by atoms with Crippen LogP contribution in [0.5, 0.6) is 0 Å². The highest BCUT2D eigenvalue weighted by molar-refractivity contribution is 6.00. The third-order valence-corrected chi connectivity index (χ3v) is 2.48. The Morgan fingerprint density at radius 1 is 1.06 bits per heavy atom. The van der Waals surface area contributed by atoms with E-state index in [9.17, 15) is 9.18 Å². The van der Waals surface area contributed by atoms with Crippen LogP contribution in [0.3, 0.4) is 0 Å². The smallest absolute Gasteiger partial charge is 0.308 e. The Hall–Kier alpha value is -2.36. The van der Waals surface area contributed by atoms with Crippen molar-refractivity contribution >= 4 is 17.4 Å². The van der Waals surface area contributed by atoms with Gasteiger partial charge >= 0.3 is 6.03 Å². The molecule has 0 radical (unpaired) electrons. The first kappa shape index (κ1) is 12.1. The third-order valence-electron chi connectivity index (χ3n) is 2.48. The molecule has 2 amide bonds. The van der Waals surface area contributed by atoms with E-state index in [0.29, 0.717) is 5.69 Å². The fourth-order valence-corrected chi connectivity index (χ4v) is 1.56. The molecule has 2 aromatic rings. The Bertz CT molecular complexity index is 569. The monoisotopic (exact) mass is 244 g/mol. The van der Waals surface area contributed by atoms with E-state index < -0.39 is 6.03 Å². The fraction of sp³-hybridized carbons (Fsp3) is 0.0714. The Kier molecular flexibility index (Phi) is 3.57. The highest BCUT2D eigenvalue weighted by Gasteiger charge is 2.04. The van der Waals surface area contributed by atoms with Gasteiger partial charge in [0.15, 0.2) is 0 Å². The van der Waals surface area contributed by atoms with Gasteiger partial charge in [-0.1, -0.05) is 24.3 Å². The van der Waals surface area contributed by atoms with Crippen LogP contribution in [-0.4, -0.2) is 6.03 Å². The number of urea groups is 1. The Morgan fingerprint density at radius 2 is 1.83 bits per heavy atom. The molecule has 18 heavy (non-hydrogen) atoms. The molecule has 0 unspecified atom stereocenters. The maximum absolute atomic E-state index is 12.9. The summed E-state index contributed by atoms with van der Waals surface area (Å²) in [6.45, 7) is 1.90. The van der Waals surface area contributed by atoms with Gasteiger partial charge in [-0.3, -0.25) is 0 Å². The summed E-state index contributed by atoms with van der Waals surface area (Å²) in [6, 6.07) is 12.8. The van der Waals surface area contributed by atoms with Crippen molar-refractivity contribution < 1.29 is 9.18 Å². The van der Waals surface area contributed by atoms with Gasteiger partial charge in [-0.25, -0.2) is 9.18 Å². The average molecular weight is 244 g/mol. The van der Waals surface area contributed by atoms with Gasteiger partial charge in [-0.05, 0) is 36.8 Å². The van der Waals surface area contributed by atoms with Crippen molar-refractivity contribution in [3.05, 3.63) is 59.9 Å². The van der Waals surface area contributed by atoms with Gasteiger partial charge in [0.1, 0.15) is 5.82 Å². The number of benzene rings is 2. The Balaban J connectivity index is 2.03. The summed E-state index contributed by atoms with van der Waals surface area (Å²) < 4.78 is 12.9. The number of anilines is 2. The molecule has 0 atom stereocenters. The first-order chi connectivity index (χ1) is 8.65. The van der Waals surface area contributed by atoms with E-state index in [1.165, 1.54) is 12.1 Å². The number of rotatable bonds is 2. The second-order valence-electron chi connectivity index (χ2n) is 3.90. The molecular weight excluding hydrogens is 231 g/mol. The standard InChI is InChI=1S/C14H13FN2O/c1-10-5-2-3-8-13(10)17-14(18)16-12-7-4-6-11(15)9-12/h2-9H,1H3,(H2,16,17,18). The van der Waals surface area contributed by atoms with Crippen LogP contribution in [0.4, 0.5) is 20.6 Å². The molecule has 2 aromatic carbocycles. The van der Waals surface area contributed by atoms with Gasteiger partial charge in [0, 0.05) is 11.4 Å². The highest BCUT2D eigenvalue weighted by Crippen LogP contribution is 2.14. The molecule has 0 aromatic heterocycles. The molecule has 0 spiro atoms. The fourth-order valence-electron chi connectivity index (χ4n) is 1.56. The molecule has 0 bridgehead atoms. The molecule has 0 aliphatic heterocycles. The second kappa shape index (κ2) is 5.31.